The first kappa shape index (κ1) is 20.6. The molecule has 1 aliphatic rings. The van der Waals surface area contributed by atoms with Gasteiger partial charge in [0.2, 0.25) is 0 Å². The van der Waals surface area contributed by atoms with Crippen molar-refractivity contribution < 1.29 is 14.3 Å². The first-order chi connectivity index (χ1) is 14.8. The van der Waals surface area contributed by atoms with Crippen LogP contribution in [-0.2, 0) is 6.42 Å². The molecule has 3 aromatic rings. The summed E-state index contributed by atoms with van der Waals surface area (Å²) in [6, 6.07) is 16.0. The molecule has 0 atom stereocenters. The number of Topliss-reactive ketones (excluding diaryl/α,β-unsaturated/α-hetero) is 1. The quantitative estimate of drug-likeness (QED) is 0.690. The molecule has 1 N–H and O–H groups in total. The Hall–Kier alpha value is -3.67. The highest BCUT2D eigenvalue weighted by atomic mass is 16.5. The summed E-state index contributed by atoms with van der Waals surface area (Å²) in [6.07, 6.45) is 2.40. The molecular formula is C25H24N2O4. The summed E-state index contributed by atoms with van der Waals surface area (Å²) >= 11 is 0. The lowest BCUT2D eigenvalue weighted by Gasteiger charge is -2.31. The monoisotopic (exact) mass is 416 g/mol. The van der Waals surface area contributed by atoms with Crippen LogP contribution in [0.2, 0.25) is 0 Å². The lowest BCUT2D eigenvalue weighted by molar-refractivity contribution is 0.0910. The average molecular weight is 416 g/mol. The van der Waals surface area contributed by atoms with Gasteiger partial charge in [-0.3, -0.25) is 19.0 Å². The Kier molecular flexibility index (Phi) is 5.23. The molecule has 6 nitrogen and oxygen atoms in total. The van der Waals surface area contributed by atoms with Crippen LogP contribution in [0.5, 0.6) is 5.75 Å². The van der Waals surface area contributed by atoms with Gasteiger partial charge in [-0.25, -0.2) is 0 Å². The molecule has 6 heteroatoms. The summed E-state index contributed by atoms with van der Waals surface area (Å²) in [5.41, 5.74) is 1.18. The molecule has 158 valence electrons. The number of carbonyl (C=O) groups is 2. The maximum atomic E-state index is 13.5. The number of benzene rings is 2. The molecule has 0 saturated carbocycles. The molecule has 0 saturated heterocycles. The van der Waals surface area contributed by atoms with Gasteiger partial charge in [0.05, 0.1) is 12.8 Å². The molecule has 0 fully saturated rings. The van der Waals surface area contributed by atoms with E-state index < -0.39 is 11.5 Å². The summed E-state index contributed by atoms with van der Waals surface area (Å²) in [6.45, 7) is 3.94. The van der Waals surface area contributed by atoms with E-state index in [4.69, 9.17) is 4.74 Å². The van der Waals surface area contributed by atoms with E-state index in [2.05, 4.69) is 5.32 Å². The average Bonchev–Trinajstić information content (AvgIpc) is 2.73. The Labute approximate surface area is 180 Å². The topological polar surface area (TPSA) is 77.4 Å². The standard InChI is InChI=1S/C25H24N2O4/c1-25(2)13-17-18(20(28)14-25)15-27(16-9-5-4-6-10-16)24(30)22(17)23(29)26-19-11-7-8-12-21(19)31-3/h4-12,15H,13-14H2,1-3H3,(H,26,29). The van der Waals surface area contributed by atoms with Crippen LogP contribution < -0.4 is 15.6 Å². The lowest BCUT2D eigenvalue weighted by atomic mass is 9.73. The van der Waals surface area contributed by atoms with Gasteiger partial charge in [0.1, 0.15) is 11.3 Å². The van der Waals surface area contributed by atoms with Gasteiger partial charge in [-0.1, -0.05) is 44.2 Å². The second kappa shape index (κ2) is 7.87. The van der Waals surface area contributed by atoms with E-state index in [0.717, 1.165) is 0 Å². The minimum atomic E-state index is -0.554. The van der Waals surface area contributed by atoms with Crippen LogP contribution >= 0.6 is 0 Å². The van der Waals surface area contributed by atoms with Crippen LogP contribution in [0.25, 0.3) is 5.69 Å². The minimum Gasteiger partial charge on any atom is -0.495 e. The molecule has 4 rings (SSSR count). The number of hydrogen-bond acceptors (Lipinski definition) is 4. The fourth-order valence-corrected chi connectivity index (χ4v) is 4.09. The molecule has 1 aliphatic carbocycles. The first-order valence-corrected chi connectivity index (χ1v) is 10.1. The van der Waals surface area contributed by atoms with E-state index in [1.165, 1.54) is 11.7 Å². The van der Waals surface area contributed by atoms with E-state index in [-0.39, 0.29) is 16.8 Å². The molecule has 0 bridgehead atoms. The molecular weight excluding hydrogens is 392 g/mol. The number of anilines is 1. The van der Waals surface area contributed by atoms with Crippen molar-refractivity contribution in [3.05, 3.63) is 87.8 Å². The molecule has 1 heterocycles. The smallest absolute Gasteiger partial charge is 0.268 e. The summed E-state index contributed by atoms with van der Waals surface area (Å²) < 4.78 is 6.70. The number of rotatable bonds is 4. The van der Waals surface area contributed by atoms with Gasteiger partial charge in [-0.2, -0.15) is 0 Å². The number of hydrogen-bond donors (Lipinski definition) is 1. The molecule has 0 radical (unpaired) electrons. The van der Waals surface area contributed by atoms with Crippen LogP contribution in [0.3, 0.4) is 0 Å². The van der Waals surface area contributed by atoms with Crippen molar-refractivity contribution in [3.63, 3.8) is 0 Å². The van der Waals surface area contributed by atoms with Crippen molar-refractivity contribution in [1.82, 2.24) is 4.57 Å². The highest BCUT2D eigenvalue weighted by molar-refractivity contribution is 6.09. The normalized spacial score (nSPS) is 14.6. The number of fused-ring (bicyclic) bond motifs is 1. The van der Waals surface area contributed by atoms with Crippen molar-refractivity contribution >= 4 is 17.4 Å². The van der Waals surface area contributed by atoms with Gasteiger partial charge in [-0.05, 0) is 41.7 Å². The maximum absolute atomic E-state index is 13.5. The van der Waals surface area contributed by atoms with Crippen molar-refractivity contribution in [2.75, 3.05) is 12.4 Å². The summed E-state index contributed by atoms with van der Waals surface area (Å²) in [5.74, 6) is -0.135. The molecule has 31 heavy (non-hydrogen) atoms. The predicted molar refractivity (Wildman–Crippen MR) is 119 cm³/mol. The molecule has 2 aromatic carbocycles. The number of aromatic nitrogens is 1. The van der Waals surface area contributed by atoms with Crippen molar-refractivity contribution in [2.24, 2.45) is 5.41 Å². The molecule has 1 amide bonds. The number of methoxy groups -OCH3 is 1. The number of nitrogens with one attached hydrogen (secondary N) is 1. The zero-order valence-electron chi connectivity index (χ0n) is 17.8. The third-order valence-electron chi connectivity index (χ3n) is 5.53. The van der Waals surface area contributed by atoms with Gasteiger partial charge < -0.3 is 10.1 Å². The van der Waals surface area contributed by atoms with Crippen molar-refractivity contribution in [1.29, 1.82) is 0 Å². The van der Waals surface area contributed by atoms with E-state index in [1.54, 1.807) is 54.7 Å². The number of amides is 1. The molecule has 1 aromatic heterocycles. The maximum Gasteiger partial charge on any atom is 0.268 e. The van der Waals surface area contributed by atoms with Crippen molar-refractivity contribution in [2.45, 2.75) is 26.7 Å². The Bertz CT molecular complexity index is 1230. The summed E-state index contributed by atoms with van der Waals surface area (Å²) in [5, 5.41) is 2.80. The predicted octanol–water partition coefficient (Wildman–Crippen LogP) is 4.25. The number of ketones is 1. The number of pyridine rings is 1. The van der Waals surface area contributed by atoms with Crippen LogP contribution in [0.1, 0.15) is 46.5 Å². The van der Waals surface area contributed by atoms with E-state index >= 15 is 0 Å². The summed E-state index contributed by atoms with van der Waals surface area (Å²) in [7, 11) is 1.51. The zero-order valence-corrected chi connectivity index (χ0v) is 17.8. The second-order valence-corrected chi connectivity index (χ2v) is 8.50. The molecule has 0 aliphatic heterocycles. The fraction of sp³-hybridized carbons (Fsp3) is 0.240. The minimum absolute atomic E-state index is 0.00613. The van der Waals surface area contributed by atoms with Gasteiger partial charge in [0.15, 0.2) is 5.78 Å². The molecule has 0 spiro atoms. The number of carbonyl (C=O) groups excluding carboxylic acids is 2. The Balaban J connectivity index is 1.91. The summed E-state index contributed by atoms with van der Waals surface area (Å²) in [4.78, 5) is 39.9. The number of nitrogens with zero attached hydrogens (tertiary/aromatic N) is 1. The van der Waals surface area contributed by atoms with Gasteiger partial charge in [0.25, 0.3) is 11.5 Å². The van der Waals surface area contributed by atoms with Crippen LogP contribution in [0.15, 0.2) is 65.6 Å². The van der Waals surface area contributed by atoms with E-state index in [1.807, 2.05) is 19.9 Å². The van der Waals surface area contributed by atoms with Gasteiger partial charge in [-0.15, -0.1) is 0 Å². The zero-order chi connectivity index (χ0) is 22.2. The molecule has 0 unspecified atom stereocenters. The van der Waals surface area contributed by atoms with Gasteiger partial charge >= 0.3 is 0 Å². The number of ether oxygens (including phenoxy) is 1. The second-order valence-electron chi connectivity index (χ2n) is 8.50. The van der Waals surface area contributed by atoms with Crippen LogP contribution in [-0.4, -0.2) is 23.4 Å². The SMILES string of the molecule is COc1ccccc1NC(=O)c1c2c(cn(-c3ccccc3)c1=O)C(=O)CC(C)(C)C2. The third-order valence-corrected chi connectivity index (χ3v) is 5.53. The lowest BCUT2D eigenvalue weighted by Crippen LogP contribution is -2.37. The highest BCUT2D eigenvalue weighted by Crippen LogP contribution is 2.36. The largest absolute Gasteiger partial charge is 0.495 e. The Morgan fingerprint density at radius 2 is 1.68 bits per heavy atom. The third kappa shape index (κ3) is 3.89. The Morgan fingerprint density at radius 3 is 2.39 bits per heavy atom. The van der Waals surface area contributed by atoms with Crippen molar-refractivity contribution in [3.8, 4) is 11.4 Å². The van der Waals surface area contributed by atoms with Crippen LogP contribution in [0, 0.1) is 5.41 Å². The first-order valence-electron chi connectivity index (χ1n) is 10.1. The van der Waals surface area contributed by atoms with Gasteiger partial charge in [0, 0.05) is 23.9 Å². The van der Waals surface area contributed by atoms with E-state index in [9.17, 15) is 14.4 Å². The van der Waals surface area contributed by atoms with E-state index in [0.29, 0.717) is 41.1 Å². The number of para-hydroxylation sites is 3. The highest BCUT2D eigenvalue weighted by Gasteiger charge is 2.36. The van der Waals surface area contributed by atoms with Crippen LogP contribution in [0.4, 0.5) is 5.69 Å². The Morgan fingerprint density at radius 1 is 1.00 bits per heavy atom. The fourth-order valence-electron chi connectivity index (χ4n) is 4.09.